The summed E-state index contributed by atoms with van der Waals surface area (Å²) in [7, 11) is 0. The Bertz CT molecular complexity index is 948. The monoisotopic (exact) mass is 250 g/mol. The molecule has 4 rings (SSSR count). The lowest BCUT2D eigenvalue weighted by molar-refractivity contribution is 0.0924. The quantitative estimate of drug-likeness (QED) is 0.522. The highest BCUT2D eigenvalue weighted by Gasteiger charge is 2.11. The second kappa shape index (κ2) is 3.41. The van der Waals surface area contributed by atoms with Crippen LogP contribution >= 0.6 is 0 Å². The number of fused-ring (bicyclic) bond motifs is 4. The molecule has 0 saturated carbocycles. The Hall–Kier alpha value is -2.69. The molecule has 1 N–H and O–H groups in total. The Labute approximate surface area is 107 Å². The molecule has 2 aromatic heterocycles. The standard InChI is InChI=1S/C14H10N4O/c1-8(19)18-14-6-10-9-4-2-3-5-11(9)15-12(10)7-13(14)16-17-18/h2-7,17H,1H3. The smallest absolute Gasteiger partial charge is 0.243 e. The molecule has 5 nitrogen and oxygen atoms in total. The molecule has 19 heavy (non-hydrogen) atoms. The van der Waals surface area contributed by atoms with Crippen molar-refractivity contribution in [1.82, 2.24) is 20.0 Å². The molecular formula is C14H10N4O. The molecule has 92 valence electrons. The molecule has 0 unspecified atom stereocenters. The van der Waals surface area contributed by atoms with Crippen LogP contribution in [-0.4, -0.2) is 25.9 Å². The number of nitrogens with one attached hydrogen (secondary N) is 1. The normalized spacial score (nSPS) is 11.6. The van der Waals surface area contributed by atoms with E-state index in [4.69, 9.17) is 0 Å². The summed E-state index contributed by atoms with van der Waals surface area (Å²) in [6.07, 6.45) is 0. The summed E-state index contributed by atoms with van der Waals surface area (Å²) in [5.41, 5.74) is 3.38. The Balaban J connectivity index is 2.21. The first-order valence-corrected chi connectivity index (χ1v) is 6.00. The number of aromatic amines is 1. The first-order chi connectivity index (χ1) is 9.24. The summed E-state index contributed by atoms with van der Waals surface area (Å²) >= 11 is 0. The van der Waals surface area contributed by atoms with Gasteiger partial charge >= 0.3 is 0 Å². The van der Waals surface area contributed by atoms with E-state index in [0.29, 0.717) is 0 Å². The van der Waals surface area contributed by atoms with E-state index in [1.165, 1.54) is 11.6 Å². The number of H-pyrrole nitrogens is 1. The van der Waals surface area contributed by atoms with Crippen molar-refractivity contribution in [3.63, 3.8) is 0 Å². The molecule has 4 aromatic rings. The molecule has 0 aliphatic rings. The number of carbonyl (C=O) groups excluding carboxylic acids is 1. The molecule has 5 heteroatoms. The van der Waals surface area contributed by atoms with Gasteiger partial charge in [0.15, 0.2) is 0 Å². The number of aromatic nitrogens is 4. The van der Waals surface area contributed by atoms with Crippen molar-refractivity contribution in [3.05, 3.63) is 36.4 Å². The van der Waals surface area contributed by atoms with Crippen LogP contribution in [0.3, 0.4) is 0 Å². The van der Waals surface area contributed by atoms with Gasteiger partial charge in [0.05, 0.1) is 16.6 Å². The third kappa shape index (κ3) is 1.32. The van der Waals surface area contributed by atoms with Crippen LogP contribution in [0.15, 0.2) is 36.4 Å². The van der Waals surface area contributed by atoms with Crippen LogP contribution in [0.5, 0.6) is 0 Å². The van der Waals surface area contributed by atoms with E-state index in [1.54, 1.807) is 0 Å². The van der Waals surface area contributed by atoms with E-state index in [0.717, 1.165) is 32.8 Å². The third-order valence-electron chi connectivity index (χ3n) is 3.35. The first kappa shape index (κ1) is 10.3. The zero-order valence-corrected chi connectivity index (χ0v) is 10.2. The predicted octanol–water partition coefficient (Wildman–Crippen LogP) is 2.73. The van der Waals surface area contributed by atoms with Crippen molar-refractivity contribution in [3.8, 4) is 0 Å². The van der Waals surface area contributed by atoms with Crippen LogP contribution in [0.1, 0.15) is 11.7 Å². The fourth-order valence-electron chi connectivity index (χ4n) is 2.47. The average molecular weight is 250 g/mol. The topological polar surface area (TPSA) is 63.6 Å². The summed E-state index contributed by atoms with van der Waals surface area (Å²) in [5, 5.41) is 8.99. The summed E-state index contributed by atoms with van der Waals surface area (Å²) in [4.78, 5) is 16.1. The van der Waals surface area contributed by atoms with Gasteiger partial charge in [0, 0.05) is 17.7 Å². The van der Waals surface area contributed by atoms with Crippen LogP contribution in [-0.2, 0) is 0 Å². The van der Waals surface area contributed by atoms with Gasteiger partial charge in [-0.05, 0) is 18.2 Å². The van der Waals surface area contributed by atoms with Gasteiger partial charge in [-0.3, -0.25) is 4.79 Å². The Morgan fingerprint density at radius 1 is 1.11 bits per heavy atom. The van der Waals surface area contributed by atoms with Crippen molar-refractivity contribution in [1.29, 1.82) is 0 Å². The lowest BCUT2D eigenvalue weighted by atomic mass is 10.1. The van der Waals surface area contributed by atoms with Crippen LogP contribution in [0.2, 0.25) is 0 Å². The summed E-state index contributed by atoms with van der Waals surface area (Å²) in [6.45, 7) is 1.50. The fourth-order valence-corrected chi connectivity index (χ4v) is 2.47. The number of para-hydroxylation sites is 1. The van der Waals surface area contributed by atoms with E-state index < -0.39 is 0 Å². The maximum Gasteiger partial charge on any atom is 0.243 e. The number of carbonyl (C=O) groups is 1. The minimum Gasteiger partial charge on any atom is -0.273 e. The zero-order valence-electron chi connectivity index (χ0n) is 10.2. The van der Waals surface area contributed by atoms with E-state index in [1.807, 2.05) is 36.4 Å². The van der Waals surface area contributed by atoms with Gasteiger partial charge in [0.2, 0.25) is 5.91 Å². The van der Waals surface area contributed by atoms with Gasteiger partial charge < -0.3 is 0 Å². The first-order valence-electron chi connectivity index (χ1n) is 6.00. The second-order valence-corrected chi connectivity index (χ2v) is 4.55. The highest BCUT2D eigenvalue weighted by molar-refractivity contribution is 6.11. The summed E-state index contributed by atoms with van der Waals surface area (Å²) < 4.78 is 1.44. The van der Waals surface area contributed by atoms with E-state index in [2.05, 4.69) is 15.3 Å². The van der Waals surface area contributed by atoms with Crippen molar-refractivity contribution in [2.45, 2.75) is 6.92 Å². The van der Waals surface area contributed by atoms with Gasteiger partial charge in [0.1, 0.15) is 5.52 Å². The van der Waals surface area contributed by atoms with Gasteiger partial charge in [-0.25, -0.2) is 14.9 Å². The molecule has 0 aliphatic carbocycles. The number of rotatable bonds is 0. The Morgan fingerprint density at radius 2 is 1.95 bits per heavy atom. The highest BCUT2D eigenvalue weighted by atomic mass is 16.2. The number of hydrogen-bond acceptors (Lipinski definition) is 3. The molecule has 0 radical (unpaired) electrons. The number of hydrogen-bond donors (Lipinski definition) is 1. The molecule has 2 heterocycles. The SMILES string of the molecule is CC(=O)n1[nH]nc2cc3nc4ccccc4c3cc21. The van der Waals surface area contributed by atoms with Gasteiger partial charge in [-0.15, -0.1) is 0 Å². The van der Waals surface area contributed by atoms with Crippen molar-refractivity contribution in [2.75, 3.05) is 0 Å². The minimum absolute atomic E-state index is 0.0920. The average Bonchev–Trinajstić information content (AvgIpc) is 2.96. The lowest BCUT2D eigenvalue weighted by Crippen LogP contribution is -2.06. The molecule has 0 bridgehead atoms. The van der Waals surface area contributed by atoms with Crippen LogP contribution in [0.4, 0.5) is 0 Å². The molecular weight excluding hydrogens is 240 g/mol. The van der Waals surface area contributed by atoms with E-state index in [9.17, 15) is 4.79 Å². The Kier molecular flexibility index (Phi) is 1.84. The largest absolute Gasteiger partial charge is 0.273 e. The van der Waals surface area contributed by atoms with Crippen molar-refractivity contribution >= 4 is 38.7 Å². The van der Waals surface area contributed by atoms with Gasteiger partial charge in [-0.1, -0.05) is 18.2 Å². The summed E-state index contributed by atoms with van der Waals surface area (Å²) in [6, 6.07) is 11.8. The molecule has 0 amide bonds. The fraction of sp³-hybridized carbons (Fsp3) is 0.0714. The van der Waals surface area contributed by atoms with Crippen molar-refractivity contribution < 1.29 is 4.79 Å². The van der Waals surface area contributed by atoms with Crippen LogP contribution in [0.25, 0.3) is 32.8 Å². The number of benzene rings is 2. The lowest BCUT2D eigenvalue weighted by Gasteiger charge is -1.96. The highest BCUT2D eigenvalue weighted by Crippen LogP contribution is 2.28. The number of nitrogens with zero attached hydrogens (tertiary/aromatic N) is 3. The maximum absolute atomic E-state index is 11.5. The van der Waals surface area contributed by atoms with Crippen LogP contribution in [0, 0.1) is 0 Å². The second-order valence-electron chi connectivity index (χ2n) is 4.55. The molecule has 0 aliphatic heterocycles. The van der Waals surface area contributed by atoms with Crippen molar-refractivity contribution in [2.24, 2.45) is 0 Å². The molecule has 0 atom stereocenters. The van der Waals surface area contributed by atoms with Gasteiger partial charge in [-0.2, -0.15) is 5.10 Å². The molecule has 2 aromatic carbocycles. The Morgan fingerprint density at radius 3 is 2.79 bits per heavy atom. The van der Waals surface area contributed by atoms with Crippen LogP contribution < -0.4 is 0 Å². The third-order valence-corrected chi connectivity index (χ3v) is 3.35. The molecule has 0 fully saturated rings. The maximum atomic E-state index is 11.5. The molecule has 0 saturated heterocycles. The molecule has 0 spiro atoms. The summed E-state index contributed by atoms with van der Waals surface area (Å²) in [5.74, 6) is -0.0920. The zero-order chi connectivity index (χ0) is 13.0. The van der Waals surface area contributed by atoms with E-state index >= 15 is 0 Å². The predicted molar refractivity (Wildman–Crippen MR) is 73.2 cm³/mol. The van der Waals surface area contributed by atoms with E-state index in [-0.39, 0.29) is 5.91 Å². The minimum atomic E-state index is -0.0920. The van der Waals surface area contributed by atoms with Gasteiger partial charge in [0.25, 0.3) is 0 Å².